The van der Waals surface area contributed by atoms with Crippen LogP contribution in [0.1, 0.15) is 51.0 Å². The molecule has 1 aromatic carbocycles. The Bertz CT molecular complexity index is 502. The average molecular weight is 299 g/mol. The van der Waals surface area contributed by atoms with E-state index in [1.165, 1.54) is 50.1 Å². The van der Waals surface area contributed by atoms with Gasteiger partial charge < -0.3 is 4.74 Å². The summed E-state index contributed by atoms with van der Waals surface area (Å²) in [6.07, 6.45) is 5.16. The summed E-state index contributed by atoms with van der Waals surface area (Å²) in [7, 11) is 0. The van der Waals surface area contributed by atoms with Crippen molar-refractivity contribution in [1.29, 1.82) is 0 Å². The minimum atomic E-state index is 0.572. The first-order chi connectivity index (χ1) is 10.8. The predicted octanol–water partition coefficient (Wildman–Crippen LogP) is 4.59. The molecule has 0 radical (unpaired) electrons. The van der Waals surface area contributed by atoms with Gasteiger partial charge >= 0.3 is 0 Å². The van der Waals surface area contributed by atoms with E-state index < -0.39 is 0 Å². The van der Waals surface area contributed by atoms with Gasteiger partial charge in [0.15, 0.2) is 0 Å². The Morgan fingerprint density at radius 3 is 2.45 bits per heavy atom. The lowest BCUT2D eigenvalue weighted by atomic mass is 9.67. The largest absolute Gasteiger partial charge is 0.498 e. The van der Waals surface area contributed by atoms with Crippen molar-refractivity contribution in [2.45, 2.75) is 45.4 Å². The Balaban J connectivity index is 1.86. The van der Waals surface area contributed by atoms with Crippen LogP contribution in [0.3, 0.4) is 0 Å². The summed E-state index contributed by atoms with van der Waals surface area (Å²) in [4.78, 5) is 2.60. The van der Waals surface area contributed by atoms with Crippen LogP contribution < -0.4 is 0 Å². The van der Waals surface area contributed by atoms with Crippen LogP contribution in [-0.2, 0) is 4.74 Å². The van der Waals surface area contributed by atoms with Crippen molar-refractivity contribution in [3.05, 3.63) is 47.2 Å². The van der Waals surface area contributed by atoms with Crippen molar-refractivity contribution in [3.63, 3.8) is 0 Å². The zero-order chi connectivity index (χ0) is 15.4. The Labute approximate surface area is 135 Å². The van der Waals surface area contributed by atoms with E-state index in [4.69, 9.17) is 4.74 Å². The molecule has 0 bridgehead atoms. The molecule has 1 saturated heterocycles. The summed E-state index contributed by atoms with van der Waals surface area (Å²) in [5.41, 5.74) is 3.02. The van der Waals surface area contributed by atoms with Crippen LogP contribution in [0.15, 0.2) is 41.7 Å². The molecular formula is C20H29NO. The maximum absolute atomic E-state index is 6.07. The quantitative estimate of drug-likeness (QED) is 0.730. The standard InChI is InChI=1S/C20H29NO/c1-3-10-17-19(16-11-6-5-7-12-16)18(20(17)22-4-2)15-21-13-8-9-14-21/h5-7,11-12,17,19H,3-4,8-10,13-15H2,1-2H3. The molecule has 2 heteroatoms. The summed E-state index contributed by atoms with van der Waals surface area (Å²) in [5, 5.41) is 0. The molecule has 2 atom stereocenters. The Kier molecular flexibility index (Phi) is 5.20. The molecule has 2 aliphatic rings. The topological polar surface area (TPSA) is 12.5 Å². The van der Waals surface area contributed by atoms with Gasteiger partial charge in [-0.15, -0.1) is 0 Å². The summed E-state index contributed by atoms with van der Waals surface area (Å²) < 4.78 is 6.07. The Hall–Kier alpha value is -1.28. The summed E-state index contributed by atoms with van der Waals surface area (Å²) in [5.74, 6) is 2.47. The number of likely N-dealkylation sites (tertiary alicyclic amines) is 1. The van der Waals surface area contributed by atoms with Crippen LogP contribution in [0.25, 0.3) is 0 Å². The van der Waals surface area contributed by atoms with E-state index in [9.17, 15) is 0 Å². The third kappa shape index (κ3) is 3.08. The molecule has 3 rings (SSSR count). The van der Waals surface area contributed by atoms with Crippen molar-refractivity contribution >= 4 is 0 Å². The first-order valence-corrected chi connectivity index (χ1v) is 8.98. The lowest BCUT2D eigenvalue weighted by molar-refractivity contribution is 0.137. The van der Waals surface area contributed by atoms with Gasteiger partial charge in [-0.1, -0.05) is 43.7 Å². The third-order valence-electron chi connectivity index (χ3n) is 5.08. The van der Waals surface area contributed by atoms with Gasteiger partial charge in [-0.25, -0.2) is 0 Å². The van der Waals surface area contributed by atoms with Gasteiger partial charge in [0.25, 0.3) is 0 Å². The highest BCUT2D eigenvalue weighted by Gasteiger charge is 2.42. The second kappa shape index (κ2) is 7.32. The van der Waals surface area contributed by atoms with Gasteiger partial charge in [-0.2, -0.15) is 0 Å². The molecule has 2 nitrogen and oxygen atoms in total. The van der Waals surface area contributed by atoms with Crippen LogP contribution >= 0.6 is 0 Å². The van der Waals surface area contributed by atoms with Crippen molar-refractivity contribution in [2.75, 3.05) is 26.2 Å². The molecule has 0 N–H and O–H groups in total. The molecule has 1 fully saturated rings. The maximum Gasteiger partial charge on any atom is 0.101 e. The normalized spacial score (nSPS) is 25.4. The van der Waals surface area contributed by atoms with Crippen LogP contribution in [0.5, 0.6) is 0 Å². The zero-order valence-corrected chi connectivity index (χ0v) is 14.1. The van der Waals surface area contributed by atoms with Crippen molar-refractivity contribution < 1.29 is 4.74 Å². The lowest BCUT2D eigenvalue weighted by Gasteiger charge is -2.43. The molecule has 22 heavy (non-hydrogen) atoms. The van der Waals surface area contributed by atoms with E-state index in [-0.39, 0.29) is 0 Å². The van der Waals surface area contributed by atoms with E-state index in [1.807, 2.05) is 0 Å². The van der Waals surface area contributed by atoms with E-state index in [2.05, 4.69) is 49.1 Å². The highest BCUT2D eigenvalue weighted by atomic mass is 16.5. The summed E-state index contributed by atoms with van der Waals surface area (Å²) in [6.45, 7) is 8.80. The van der Waals surface area contributed by atoms with Gasteiger partial charge in [0.1, 0.15) is 5.76 Å². The summed E-state index contributed by atoms with van der Waals surface area (Å²) in [6, 6.07) is 11.0. The number of benzene rings is 1. The number of rotatable bonds is 7. The van der Waals surface area contributed by atoms with Crippen molar-refractivity contribution in [3.8, 4) is 0 Å². The second-order valence-electron chi connectivity index (χ2n) is 6.59. The third-order valence-corrected chi connectivity index (χ3v) is 5.08. The highest BCUT2D eigenvalue weighted by Crippen LogP contribution is 2.50. The van der Waals surface area contributed by atoms with E-state index in [0.717, 1.165) is 13.2 Å². The fourth-order valence-electron chi connectivity index (χ4n) is 4.11. The molecule has 0 saturated carbocycles. The Morgan fingerprint density at radius 2 is 1.82 bits per heavy atom. The van der Waals surface area contributed by atoms with E-state index >= 15 is 0 Å². The lowest BCUT2D eigenvalue weighted by Crippen LogP contribution is -2.37. The molecule has 0 aromatic heterocycles. The Morgan fingerprint density at radius 1 is 1.09 bits per heavy atom. The molecule has 2 unspecified atom stereocenters. The fraction of sp³-hybridized carbons (Fsp3) is 0.600. The fourth-order valence-corrected chi connectivity index (χ4v) is 4.11. The van der Waals surface area contributed by atoms with Gasteiger partial charge in [0, 0.05) is 18.4 Å². The molecule has 0 spiro atoms. The maximum atomic E-state index is 6.07. The predicted molar refractivity (Wildman–Crippen MR) is 91.9 cm³/mol. The smallest absolute Gasteiger partial charge is 0.101 e. The minimum absolute atomic E-state index is 0.572. The molecule has 1 aromatic rings. The molecule has 0 amide bonds. The average Bonchev–Trinajstić information content (AvgIpc) is 3.05. The molecular weight excluding hydrogens is 270 g/mol. The monoisotopic (exact) mass is 299 g/mol. The van der Waals surface area contributed by atoms with Gasteiger partial charge in [0.05, 0.1) is 6.61 Å². The summed E-state index contributed by atoms with van der Waals surface area (Å²) >= 11 is 0. The highest BCUT2D eigenvalue weighted by molar-refractivity contribution is 5.42. The van der Waals surface area contributed by atoms with E-state index in [0.29, 0.717) is 11.8 Å². The van der Waals surface area contributed by atoms with E-state index in [1.54, 1.807) is 5.57 Å². The number of nitrogens with zero attached hydrogens (tertiary/aromatic N) is 1. The first-order valence-electron chi connectivity index (χ1n) is 8.98. The molecule has 1 heterocycles. The van der Waals surface area contributed by atoms with Gasteiger partial charge in [-0.3, -0.25) is 4.90 Å². The van der Waals surface area contributed by atoms with Gasteiger partial charge in [0.2, 0.25) is 0 Å². The molecule has 1 aliphatic carbocycles. The number of allylic oxidation sites excluding steroid dienone is 1. The number of ether oxygens (including phenoxy) is 1. The minimum Gasteiger partial charge on any atom is -0.498 e. The molecule has 1 aliphatic heterocycles. The number of hydrogen-bond acceptors (Lipinski definition) is 2. The number of hydrogen-bond donors (Lipinski definition) is 0. The van der Waals surface area contributed by atoms with Crippen molar-refractivity contribution in [2.24, 2.45) is 5.92 Å². The van der Waals surface area contributed by atoms with Gasteiger partial charge in [-0.05, 0) is 50.4 Å². The van der Waals surface area contributed by atoms with Crippen LogP contribution in [0.2, 0.25) is 0 Å². The first kappa shape index (κ1) is 15.6. The van der Waals surface area contributed by atoms with Crippen LogP contribution in [-0.4, -0.2) is 31.1 Å². The second-order valence-corrected chi connectivity index (χ2v) is 6.59. The SMILES string of the molecule is CCCC1C(OCC)=C(CN2CCCC2)C1c1ccccc1. The van der Waals surface area contributed by atoms with Crippen LogP contribution in [0, 0.1) is 5.92 Å². The van der Waals surface area contributed by atoms with Crippen LogP contribution in [0.4, 0.5) is 0 Å². The van der Waals surface area contributed by atoms with Crippen molar-refractivity contribution in [1.82, 2.24) is 4.90 Å². The molecule has 120 valence electrons. The zero-order valence-electron chi connectivity index (χ0n) is 14.1.